The Balaban J connectivity index is 2.17. The summed E-state index contributed by atoms with van der Waals surface area (Å²) >= 11 is 5.81. The number of halogens is 1. The number of aryl methyl sites for hydroxylation is 1. The maximum absolute atomic E-state index is 12.2. The van der Waals surface area contributed by atoms with E-state index in [1.165, 1.54) is 6.07 Å². The molecule has 0 bridgehead atoms. The molecule has 0 atom stereocenters. The Morgan fingerprint density at radius 2 is 1.79 bits per heavy atom. The number of hydrogen-bond donors (Lipinski definition) is 1. The van der Waals surface area contributed by atoms with Crippen molar-refractivity contribution in [2.45, 2.75) is 11.3 Å². The zero-order valence-corrected chi connectivity index (χ0v) is 11.8. The summed E-state index contributed by atoms with van der Waals surface area (Å²) in [6, 6.07) is 13.6. The topological polar surface area (TPSA) is 60.2 Å². The van der Waals surface area contributed by atoms with E-state index in [0.717, 1.165) is 5.56 Å². The van der Waals surface area contributed by atoms with Crippen molar-refractivity contribution in [1.82, 2.24) is 0 Å². The molecule has 0 heterocycles. The zero-order chi connectivity index (χ0) is 13.9. The molecule has 19 heavy (non-hydrogen) atoms. The largest absolute Gasteiger partial charge is 0.399 e. The number of sulfone groups is 1. The smallest absolute Gasteiger partial charge is 0.178 e. The lowest BCUT2D eigenvalue weighted by Gasteiger charge is -2.07. The van der Waals surface area contributed by atoms with Gasteiger partial charge in [0.2, 0.25) is 0 Å². The van der Waals surface area contributed by atoms with E-state index >= 15 is 0 Å². The molecular formula is C14H14ClNO2S. The molecule has 0 aromatic heterocycles. The molecule has 0 aliphatic carbocycles. The van der Waals surface area contributed by atoms with Gasteiger partial charge in [-0.25, -0.2) is 8.42 Å². The van der Waals surface area contributed by atoms with Gasteiger partial charge in [0.1, 0.15) is 0 Å². The Morgan fingerprint density at radius 1 is 1.05 bits per heavy atom. The molecule has 2 N–H and O–H groups in total. The van der Waals surface area contributed by atoms with Crippen molar-refractivity contribution in [3.8, 4) is 0 Å². The normalized spacial score (nSPS) is 11.4. The Bertz CT molecular complexity index is 683. The molecule has 0 aliphatic heterocycles. The Morgan fingerprint density at radius 3 is 2.47 bits per heavy atom. The number of benzene rings is 2. The number of para-hydroxylation sites is 1. The third-order valence-corrected chi connectivity index (χ3v) is 4.80. The van der Waals surface area contributed by atoms with Gasteiger partial charge in [-0.15, -0.1) is 0 Å². The van der Waals surface area contributed by atoms with Gasteiger partial charge in [0.25, 0.3) is 0 Å². The first kappa shape index (κ1) is 13.9. The fraction of sp³-hybridized carbons (Fsp3) is 0.143. The van der Waals surface area contributed by atoms with Gasteiger partial charge in [-0.1, -0.05) is 35.9 Å². The highest BCUT2D eigenvalue weighted by Gasteiger charge is 2.15. The second-order valence-corrected chi connectivity index (χ2v) is 6.77. The molecule has 0 saturated heterocycles. The highest BCUT2D eigenvalue weighted by atomic mass is 35.5. The molecule has 2 aromatic carbocycles. The third kappa shape index (κ3) is 3.49. The summed E-state index contributed by atoms with van der Waals surface area (Å²) in [6.07, 6.45) is 0.390. The van der Waals surface area contributed by atoms with Crippen LogP contribution in [0, 0.1) is 0 Å². The van der Waals surface area contributed by atoms with Crippen LogP contribution in [0.25, 0.3) is 0 Å². The second-order valence-electron chi connectivity index (χ2n) is 4.23. The van der Waals surface area contributed by atoms with Gasteiger partial charge in [-0.2, -0.15) is 0 Å². The van der Waals surface area contributed by atoms with Crippen molar-refractivity contribution >= 4 is 27.1 Å². The van der Waals surface area contributed by atoms with Crippen LogP contribution in [-0.2, 0) is 16.3 Å². The number of hydrogen-bond acceptors (Lipinski definition) is 3. The number of nitrogen functional groups attached to an aromatic ring is 1. The summed E-state index contributed by atoms with van der Waals surface area (Å²) in [5.74, 6) is 0.0154. The van der Waals surface area contributed by atoms with Gasteiger partial charge in [0.15, 0.2) is 9.84 Å². The number of anilines is 1. The van der Waals surface area contributed by atoms with Crippen molar-refractivity contribution < 1.29 is 8.42 Å². The summed E-state index contributed by atoms with van der Waals surface area (Å²) in [4.78, 5) is 0.245. The maximum atomic E-state index is 12.2. The van der Waals surface area contributed by atoms with E-state index in [9.17, 15) is 8.42 Å². The quantitative estimate of drug-likeness (QED) is 0.882. The van der Waals surface area contributed by atoms with Crippen LogP contribution in [0.1, 0.15) is 5.56 Å². The van der Waals surface area contributed by atoms with E-state index in [0.29, 0.717) is 17.1 Å². The fourth-order valence-electron chi connectivity index (χ4n) is 1.78. The van der Waals surface area contributed by atoms with Gasteiger partial charge in [-0.05, 0) is 36.2 Å². The Kier molecular flexibility index (Phi) is 4.12. The Labute approximate surface area is 117 Å². The number of rotatable bonds is 4. The van der Waals surface area contributed by atoms with Crippen LogP contribution in [0.4, 0.5) is 5.69 Å². The van der Waals surface area contributed by atoms with Crippen LogP contribution in [0.2, 0.25) is 5.02 Å². The molecule has 0 amide bonds. The van der Waals surface area contributed by atoms with Crippen molar-refractivity contribution in [3.63, 3.8) is 0 Å². The maximum Gasteiger partial charge on any atom is 0.178 e. The average molecular weight is 296 g/mol. The lowest BCUT2D eigenvalue weighted by Crippen LogP contribution is -2.10. The van der Waals surface area contributed by atoms with E-state index in [4.69, 9.17) is 17.3 Å². The molecule has 2 aromatic rings. The summed E-state index contributed by atoms with van der Waals surface area (Å²) in [6.45, 7) is 0. The molecule has 0 radical (unpaired) electrons. The molecule has 0 aliphatic rings. The van der Waals surface area contributed by atoms with Crippen LogP contribution < -0.4 is 5.73 Å². The lowest BCUT2D eigenvalue weighted by atomic mass is 10.1. The number of nitrogens with two attached hydrogens (primary N) is 1. The van der Waals surface area contributed by atoms with Crippen LogP contribution in [-0.4, -0.2) is 14.2 Å². The zero-order valence-electron chi connectivity index (χ0n) is 10.2. The van der Waals surface area contributed by atoms with Crippen molar-refractivity contribution in [2.75, 3.05) is 11.5 Å². The first-order valence-electron chi connectivity index (χ1n) is 5.81. The lowest BCUT2D eigenvalue weighted by molar-refractivity contribution is 0.595. The minimum atomic E-state index is -3.34. The van der Waals surface area contributed by atoms with Gasteiger partial charge in [0, 0.05) is 10.7 Å². The highest BCUT2D eigenvalue weighted by molar-refractivity contribution is 7.91. The SMILES string of the molecule is Nc1ccccc1CCS(=O)(=O)c1cccc(Cl)c1. The molecule has 0 spiro atoms. The van der Waals surface area contributed by atoms with E-state index in [1.54, 1.807) is 24.3 Å². The van der Waals surface area contributed by atoms with Crippen molar-refractivity contribution in [3.05, 3.63) is 59.1 Å². The van der Waals surface area contributed by atoms with Gasteiger partial charge in [-0.3, -0.25) is 0 Å². The van der Waals surface area contributed by atoms with Crippen LogP contribution >= 0.6 is 11.6 Å². The molecule has 100 valence electrons. The van der Waals surface area contributed by atoms with E-state index in [2.05, 4.69) is 0 Å². The first-order valence-corrected chi connectivity index (χ1v) is 7.84. The van der Waals surface area contributed by atoms with E-state index in [-0.39, 0.29) is 10.6 Å². The predicted octanol–water partition coefficient (Wildman–Crippen LogP) is 2.94. The molecule has 3 nitrogen and oxygen atoms in total. The summed E-state index contributed by atoms with van der Waals surface area (Å²) < 4.78 is 24.3. The van der Waals surface area contributed by atoms with Crippen LogP contribution in [0.5, 0.6) is 0 Å². The van der Waals surface area contributed by atoms with Gasteiger partial charge >= 0.3 is 0 Å². The summed E-state index contributed by atoms with van der Waals surface area (Å²) in [5.41, 5.74) is 7.25. The van der Waals surface area contributed by atoms with Crippen molar-refractivity contribution in [1.29, 1.82) is 0 Å². The standard InChI is InChI=1S/C14H14ClNO2S/c15-12-5-3-6-13(10-12)19(17,18)9-8-11-4-1-2-7-14(11)16/h1-7,10H,8-9,16H2. The molecule has 0 unspecified atom stereocenters. The molecule has 0 fully saturated rings. The summed E-state index contributed by atoms with van der Waals surface area (Å²) in [5, 5.41) is 0.417. The monoisotopic (exact) mass is 295 g/mol. The average Bonchev–Trinajstić information content (AvgIpc) is 2.38. The minimum absolute atomic E-state index is 0.0154. The third-order valence-electron chi connectivity index (χ3n) is 2.85. The predicted molar refractivity (Wildman–Crippen MR) is 78.1 cm³/mol. The minimum Gasteiger partial charge on any atom is -0.399 e. The fourth-order valence-corrected chi connectivity index (χ4v) is 3.36. The molecule has 5 heteroatoms. The van der Waals surface area contributed by atoms with E-state index < -0.39 is 9.84 Å². The van der Waals surface area contributed by atoms with Crippen LogP contribution in [0.15, 0.2) is 53.4 Å². The van der Waals surface area contributed by atoms with Crippen molar-refractivity contribution in [2.24, 2.45) is 0 Å². The Hall–Kier alpha value is -1.52. The summed E-state index contributed by atoms with van der Waals surface area (Å²) in [7, 11) is -3.34. The second kappa shape index (κ2) is 5.63. The van der Waals surface area contributed by atoms with Gasteiger partial charge in [0.05, 0.1) is 10.6 Å². The first-order chi connectivity index (χ1) is 8.99. The van der Waals surface area contributed by atoms with E-state index in [1.807, 2.05) is 18.2 Å². The van der Waals surface area contributed by atoms with Crippen LogP contribution in [0.3, 0.4) is 0 Å². The van der Waals surface area contributed by atoms with Gasteiger partial charge < -0.3 is 5.73 Å². The molecular weight excluding hydrogens is 282 g/mol. The highest BCUT2D eigenvalue weighted by Crippen LogP contribution is 2.19. The molecule has 0 saturated carbocycles. The molecule has 2 rings (SSSR count).